The number of benzene rings is 1. The van der Waals surface area contributed by atoms with E-state index >= 15 is 0 Å². The van der Waals surface area contributed by atoms with E-state index in [0.29, 0.717) is 5.92 Å². The van der Waals surface area contributed by atoms with Gasteiger partial charge in [0, 0.05) is 18.5 Å². The average Bonchev–Trinajstić information content (AvgIpc) is 2.60. The highest BCUT2D eigenvalue weighted by Crippen LogP contribution is 2.23. The molecular weight excluding hydrogens is 324 g/mol. The molecule has 2 amide bonds. The van der Waals surface area contributed by atoms with Crippen LogP contribution in [0, 0.1) is 18.3 Å². The van der Waals surface area contributed by atoms with Crippen LogP contribution in [0.4, 0.5) is 0 Å². The standard InChI is InChI=1S/C22H34N2O2/c1-16-6-8-18(9-7-16)10-11-19-12-14-24(15-13-19)20(25)17(2)23-21(26)22(3,4)5/h6-9,17,19H,10-15H2,1-5H3,(H,23,26). The van der Waals surface area contributed by atoms with Crippen LogP contribution in [0.15, 0.2) is 24.3 Å². The van der Waals surface area contributed by atoms with Crippen LogP contribution in [-0.4, -0.2) is 35.8 Å². The molecule has 1 aromatic carbocycles. The highest BCUT2D eigenvalue weighted by molar-refractivity contribution is 5.89. The molecule has 144 valence electrons. The summed E-state index contributed by atoms with van der Waals surface area (Å²) < 4.78 is 0. The summed E-state index contributed by atoms with van der Waals surface area (Å²) in [5.41, 5.74) is 2.22. The zero-order chi connectivity index (χ0) is 19.3. The van der Waals surface area contributed by atoms with Gasteiger partial charge in [-0.3, -0.25) is 9.59 Å². The van der Waals surface area contributed by atoms with Gasteiger partial charge in [0.15, 0.2) is 0 Å². The average molecular weight is 359 g/mol. The summed E-state index contributed by atoms with van der Waals surface area (Å²) in [6.07, 6.45) is 4.40. The zero-order valence-corrected chi connectivity index (χ0v) is 17.0. The lowest BCUT2D eigenvalue weighted by atomic mass is 9.90. The summed E-state index contributed by atoms with van der Waals surface area (Å²) >= 11 is 0. The van der Waals surface area contributed by atoms with Crippen LogP contribution in [-0.2, 0) is 16.0 Å². The Balaban J connectivity index is 1.75. The Morgan fingerprint density at radius 2 is 1.73 bits per heavy atom. The van der Waals surface area contributed by atoms with Crippen molar-refractivity contribution in [3.8, 4) is 0 Å². The molecule has 0 radical (unpaired) electrons. The van der Waals surface area contributed by atoms with Gasteiger partial charge in [-0.2, -0.15) is 0 Å². The molecule has 1 unspecified atom stereocenters. The van der Waals surface area contributed by atoms with Gasteiger partial charge in [-0.25, -0.2) is 0 Å². The number of likely N-dealkylation sites (tertiary alicyclic amines) is 1. The van der Waals surface area contributed by atoms with Crippen LogP contribution >= 0.6 is 0 Å². The fourth-order valence-electron chi connectivity index (χ4n) is 3.32. The third-order valence-electron chi connectivity index (χ3n) is 5.29. The molecule has 0 aromatic heterocycles. The SMILES string of the molecule is Cc1ccc(CCC2CCN(C(=O)C(C)NC(=O)C(C)(C)C)CC2)cc1. The van der Waals surface area contributed by atoms with E-state index in [0.717, 1.165) is 32.4 Å². The Morgan fingerprint density at radius 1 is 1.15 bits per heavy atom. The van der Waals surface area contributed by atoms with Crippen LogP contribution in [0.1, 0.15) is 58.1 Å². The number of nitrogens with one attached hydrogen (secondary N) is 1. The van der Waals surface area contributed by atoms with Crippen molar-refractivity contribution < 1.29 is 9.59 Å². The van der Waals surface area contributed by atoms with E-state index < -0.39 is 11.5 Å². The molecule has 1 atom stereocenters. The van der Waals surface area contributed by atoms with Crippen LogP contribution in [0.5, 0.6) is 0 Å². The maximum Gasteiger partial charge on any atom is 0.244 e. The molecule has 4 heteroatoms. The highest BCUT2D eigenvalue weighted by atomic mass is 16.2. The first-order valence-electron chi connectivity index (χ1n) is 9.82. The molecule has 1 saturated heterocycles. The fraction of sp³-hybridized carbons (Fsp3) is 0.636. The van der Waals surface area contributed by atoms with Gasteiger partial charge in [0.1, 0.15) is 6.04 Å². The largest absolute Gasteiger partial charge is 0.344 e. The predicted molar refractivity (Wildman–Crippen MR) is 106 cm³/mol. The second kappa shape index (κ2) is 8.70. The van der Waals surface area contributed by atoms with Gasteiger partial charge < -0.3 is 10.2 Å². The first kappa shape index (κ1) is 20.5. The Morgan fingerprint density at radius 3 is 2.27 bits per heavy atom. The van der Waals surface area contributed by atoms with E-state index in [1.807, 2.05) is 25.7 Å². The molecule has 1 aliphatic heterocycles. The number of aryl methyl sites for hydroxylation is 2. The number of carbonyl (C=O) groups excluding carboxylic acids is 2. The van der Waals surface area contributed by atoms with Crippen molar-refractivity contribution in [2.75, 3.05) is 13.1 Å². The van der Waals surface area contributed by atoms with Gasteiger partial charge in [0.2, 0.25) is 11.8 Å². The predicted octanol–water partition coefficient (Wildman–Crippen LogP) is 3.72. The van der Waals surface area contributed by atoms with E-state index in [1.165, 1.54) is 17.5 Å². The van der Waals surface area contributed by atoms with Crippen molar-refractivity contribution in [1.29, 1.82) is 0 Å². The minimum absolute atomic E-state index is 0.0413. The summed E-state index contributed by atoms with van der Waals surface area (Å²) in [4.78, 5) is 26.6. The smallest absolute Gasteiger partial charge is 0.244 e. The molecule has 0 spiro atoms. The lowest BCUT2D eigenvalue weighted by Crippen LogP contribution is -2.51. The molecule has 4 nitrogen and oxygen atoms in total. The molecule has 0 saturated carbocycles. The molecule has 0 bridgehead atoms. The number of amides is 2. The lowest BCUT2D eigenvalue weighted by Gasteiger charge is -2.34. The normalized spacial score (nSPS) is 17.0. The van der Waals surface area contributed by atoms with Crippen LogP contribution in [0.2, 0.25) is 0 Å². The summed E-state index contributed by atoms with van der Waals surface area (Å²) in [6, 6.07) is 8.32. The Labute approximate surface area is 158 Å². The molecule has 1 N–H and O–H groups in total. The maximum absolute atomic E-state index is 12.6. The fourth-order valence-corrected chi connectivity index (χ4v) is 3.32. The summed E-state index contributed by atoms with van der Waals surface area (Å²) in [7, 11) is 0. The molecule has 26 heavy (non-hydrogen) atoms. The van der Waals surface area contributed by atoms with Crippen molar-refractivity contribution in [3.63, 3.8) is 0 Å². The second-order valence-corrected chi connectivity index (χ2v) is 8.74. The first-order valence-corrected chi connectivity index (χ1v) is 9.82. The van der Waals surface area contributed by atoms with E-state index in [-0.39, 0.29) is 11.8 Å². The van der Waals surface area contributed by atoms with Crippen molar-refractivity contribution in [1.82, 2.24) is 10.2 Å². The van der Waals surface area contributed by atoms with Crippen molar-refractivity contribution in [2.24, 2.45) is 11.3 Å². The lowest BCUT2D eigenvalue weighted by molar-refractivity contribution is -0.139. The minimum atomic E-state index is -0.475. The number of nitrogens with zero attached hydrogens (tertiary/aromatic N) is 1. The maximum atomic E-state index is 12.6. The molecule has 2 rings (SSSR count). The molecule has 1 aromatic rings. The molecule has 1 aliphatic rings. The van der Waals surface area contributed by atoms with Gasteiger partial charge >= 0.3 is 0 Å². The second-order valence-electron chi connectivity index (χ2n) is 8.74. The van der Waals surface area contributed by atoms with E-state index in [4.69, 9.17) is 0 Å². The van der Waals surface area contributed by atoms with Crippen molar-refractivity contribution in [2.45, 2.75) is 66.3 Å². The first-order chi connectivity index (χ1) is 12.2. The van der Waals surface area contributed by atoms with E-state index in [9.17, 15) is 9.59 Å². The number of piperidine rings is 1. The summed E-state index contributed by atoms with van der Waals surface area (Å²) in [5.74, 6) is 0.644. The van der Waals surface area contributed by atoms with E-state index in [1.54, 1.807) is 6.92 Å². The van der Waals surface area contributed by atoms with Gasteiger partial charge in [-0.05, 0) is 51.0 Å². The zero-order valence-electron chi connectivity index (χ0n) is 17.0. The third kappa shape index (κ3) is 5.86. The van der Waals surface area contributed by atoms with Gasteiger partial charge in [0.25, 0.3) is 0 Å². The number of hydrogen-bond donors (Lipinski definition) is 1. The summed E-state index contributed by atoms with van der Waals surface area (Å²) in [6.45, 7) is 11.1. The monoisotopic (exact) mass is 358 g/mol. The van der Waals surface area contributed by atoms with Crippen LogP contribution < -0.4 is 5.32 Å². The number of rotatable bonds is 5. The Kier molecular flexibility index (Phi) is 6.85. The molecule has 0 aliphatic carbocycles. The van der Waals surface area contributed by atoms with Crippen molar-refractivity contribution >= 4 is 11.8 Å². The van der Waals surface area contributed by atoms with Crippen LogP contribution in [0.3, 0.4) is 0 Å². The Bertz CT molecular complexity index is 608. The Hall–Kier alpha value is -1.84. The summed E-state index contributed by atoms with van der Waals surface area (Å²) in [5, 5.41) is 2.85. The van der Waals surface area contributed by atoms with Crippen molar-refractivity contribution in [3.05, 3.63) is 35.4 Å². The molecular formula is C22H34N2O2. The van der Waals surface area contributed by atoms with Crippen LogP contribution in [0.25, 0.3) is 0 Å². The topological polar surface area (TPSA) is 49.4 Å². The third-order valence-corrected chi connectivity index (χ3v) is 5.29. The molecule has 1 heterocycles. The van der Waals surface area contributed by atoms with Gasteiger partial charge in [-0.15, -0.1) is 0 Å². The number of carbonyl (C=O) groups is 2. The quantitative estimate of drug-likeness (QED) is 0.872. The molecule has 1 fully saturated rings. The van der Waals surface area contributed by atoms with Gasteiger partial charge in [-0.1, -0.05) is 50.6 Å². The van der Waals surface area contributed by atoms with E-state index in [2.05, 4.69) is 36.5 Å². The van der Waals surface area contributed by atoms with Gasteiger partial charge in [0.05, 0.1) is 0 Å². The minimum Gasteiger partial charge on any atom is -0.344 e. The highest BCUT2D eigenvalue weighted by Gasteiger charge is 2.29. The number of hydrogen-bond acceptors (Lipinski definition) is 2.